The van der Waals surface area contributed by atoms with Crippen LogP contribution in [0, 0.1) is 0 Å². The van der Waals surface area contributed by atoms with Crippen molar-refractivity contribution in [3.63, 3.8) is 0 Å². The molecule has 0 unspecified atom stereocenters. The van der Waals surface area contributed by atoms with Crippen molar-refractivity contribution in [3.05, 3.63) is 96.6 Å². The van der Waals surface area contributed by atoms with Gasteiger partial charge in [-0.2, -0.15) is 0 Å². The summed E-state index contributed by atoms with van der Waals surface area (Å²) in [6.45, 7) is 3.35. The van der Waals surface area contributed by atoms with E-state index in [1.54, 1.807) is 44.2 Å². The van der Waals surface area contributed by atoms with Gasteiger partial charge >= 0.3 is 0 Å². The van der Waals surface area contributed by atoms with Crippen molar-refractivity contribution in [2.75, 3.05) is 9.62 Å². The molecule has 184 valence electrons. The molecular weight excluding hydrogens is 476 g/mol. The summed E-state index contributed by atoms with van der Waals surface area (Å²) < 4.78 is 27.3. The molecule has 1 heterocycles. The molecule has 8 nitrogen and oxygen atoms in total. The summed E-state index contributed by atoms with van der Waals surface area (Å²) in [6, 6.07) is 21.9. The molecule has 0 spiro atoms. The SMILES string of the molecule is CC(C)S(=O)(=O)Nc1cccc(N(Cc2ccc3ccccc3c2)C(=O)CC(=O)c2ncccn2)c1. The molecule has 0 fully saturated rings. The Balaban J connectivity index is 1.67. The van der Waals surface area contributed by atoms with Gasteiger partial charge in [0, 0.05) is 18.1 Å². The number of fused-ring (bicyclic) bond motifs is 1. The van der Waals surface area contributed by atoms with Crippen molar-refractivity contribution in [1.82, 2.24) is 9.97 Å². The number of Topliss-reactive ketones (excluding diaryl/α,β-unsaturated/α-hetero) is 1. The van der Waals surface area contributed by atoms with Crippen LogP contribution in [0.4, 0.5) is 11.4 Å². The van der Waals surface area contributed by atoms with Gasteiger partial charge in [0.25, 0.3) is 0 Å². The Kier molecular flexibility index (Phi) is 7.40. The van der Waals surface area contributed by atoms with Crippen molar-refractivity contribution in [3.8, 4) is 0 Å². The lowest BCUT2D eigenvalue weighted by Crippen LogP contribution is -2.32. The molecule has 0 aliphatic heterocycles. The standard InChI is InChI=1S/C27H26N4O4S/c1-19(2)36(34,35)30-23-9-5-10-24(16-23)31(26(33)17-25(32)27-28-13-6-14-29-27)18-20-11-12-21-7-3-4-8-22(21)15-20/h3-16,19,30H,17-18H2,1-2H3. The van der Waals surface area contributed by atoms with Crippen LogP contribution in [-0.2, 0) is 21.4 Å². The van der Waals surface area contributed by atoms with Gasteiger partial charge in [-0.05, 0) is 60.5 Å². The van der Waals surface area contributed by atoms with E-state index in [4.69, 9.17) is 0 Å². The van der Waals surface area contributed by atoms with Crippen molar-refractivity contribution in [1.29, 1.82) is 0 Å². The molecule has 0 bridgehead atoms. The van der Waals surface area contributed by atoms with E-state index in [0.717, 1.165) is 16.3 Å². The minimum Gasteiger partial charge on any atom is -0.308 e. The number of hydrogen-bond donors (Lipinski definition) is 1. The molecule has 4 rings (SSSR count). The third-order valence-electron chi connectivity index (χ3n) is 5.62. The molecule has 36 heavy (non-hydrogen) atoms. The first-order valence-corrected chi connectivity index (χ1v) is 13.0. The Morgan fingerprint density at radius 3 is 2.33 bits per heavy atom. The van der Waals surface area contributed by atoms with Crippen LogP contribution in [0.2, 0.25) is 0 Å². The summed E-state index contributed by atoms with van der Waals surface area (Å²) in [7, 11) is -3.58. The van der Waals surface area contributed by atoms with E-state index >= 15 is 0 Å². The molecule has 4 aromatic rings. The first kappa shape index (κ1) is 25.0. The first-order valence-electron chi connectivity index (χ1n) is 11.4. The van der Waals surface area contributed by atoms with Crippen LogP contribution in [-0.4, -0.2) is 35.3 Å². The number of carbonyl (C=O) groups excluding carboxylic acids is 2. The van der Waals surface area contributed by atoms with Gasteiger partial charge in [0.15, 0.2) is 5.82 Å². The zero-order valence-corrected chi connectivity index (χ0v) is 20.8. The van der Waals surface area contributed by atoms with Crippen LogP contribution < -0.4 is 9.62 Å². The number of benzene rings is 3. The lowest BCUT2D eigenvalue weighted by Gasteiger charge is -2.24. The number of hydrogen-bond acceptors (Lipinski definition) is 6. The Morgan fingerprint density at radius 2 is 1.61 bits per heavy atom. The van der Waals surface area contributed by atoms with E-state index in [9.17, 15) is 18.0 Å². The normalized spacial score (nSPS) is 11.4. The summed E-state index contributed by atoms with van der Waals surface area (Å²) in [5, 5.41) is 1.47. The zero-order valence-electron chi connectivity index (χ0n) is 20.0. The molecule has 1 amide bonds. The van der Waals surface area contributed by atoms with Crippen LogP contribution in [0.25, 0.3) is 10.8 Å². The smallest absolute Gasteiger partial charge is 0.235 e. The predicted octanol–water partition coefficient (Wildman–Crippen LogP) is 4.59. The number of amides is 1. The van der Waals surface area contributed by atoms with Gasteiger partial charge in [-0.1, -0.05) is 42.5 Å². The van der Waals surface area contributed by atoms with Crippen LogP contribution in [0.3, 0.4) is 0 Å². The monoisotopic (exact) mass is 502 g/mol. The summed E-state index contributed by atoms with van der Waals surface area (Å²) in [4.78, 5) is 35.5. The Morgan fingerprint density at radius 1 is 0.889 bits per heavy atom. The number of nitrogens with zero attached hydrogens (tertiary/aromatic N) is 3. The van der Waals surface area contributed by atoms with Gasteiger partial charge in [-0.15, -0.1) is 0 Å². The van der Waals surface area contributed by atoms with Crippen LogP contribution >= 0.6 is 0 Å². The lowest BCUT2D eigenvalue weighted by molar-refractivity contribution is -0.117. The van der Waals surface area contributed by atoms with Crippen molar-refractivity contribution >= 4 is 43.9 Å². The summed E-state index contributed by atoms with van der Waals surface area (Å²) in [5.74, 6) is -0.986. The summed E-state index contributed by atoms with van der Waals surface area (Å²) >= 11 is 0. The number of rotatable bonds is 9. The second kappa shape index (κ2) is 10.7. The highest BCUT2D eigenvalue weighted by Gasteiger charge is 2.23. The van der Waals surface area contributed by atoms with E-state index in [1.807, 2.05) is 42.5 Å². The first-order chi connectivity index (χ1) is 17.2. The molecule has 0 aliphatic carbocycles. The Labute approximate surface area is 210 Å². The maximum atomic E-state index is 13.4. The third kappa shape index (κ3) is 5.92. The number of anilines is 2. The van der Waals surface area contributed by atoms with E-state index in [2.05, 4.69) is 14.7 Å². The van der Waals surface area contributed by atoms with Crippen LogP contribution in [0.5, 0.6) is 0 Å². The van der Waals surface area contributed by atoms with Crippen molar-refractivity contribution in [2.45, 2.75) is 32.1 Å². The molecule has 0 saturated heterocycles. The number of sulfonamides is 1. The fourth-order valence-corrected chi connectivity index (χ4v) is 4.31. The summed E-state index contributed by atoms with van der Waals surface area (Å²) in [6.07, 6.45) is 2.46. The van der Waals surface area contributed by atoms with Gasteiger partial charge in [0.1, 0.15) is 0 Å². The highest BCUT2D eigenvalue weighted by molar-refractivity contribution is 7.93. The van der Waals surface area contributed by atoms with Crippen molar-refractivity contribution < 1.29 is 18.0 Å². The Hall–Kier alpha value is -4.11. The molecule has 9 heteroatoms. The largest absolute Gasteiger partial charge is 0.308 e. The van der Waals surface area contributed by atoms with E-state index < -0.39 is 33.4 Å². The zero-order chi connectivity index (χ0) is 25.7. The lowest BCUT2D eigenvalue weighted by atomic mass is 10.1. The maximum Gasteiger partial charge on any atom is 0.235 e. The fraction of sp³-hybridized carbons (Fsp3) is 0.185. The highest BCUT2D eigenvalue weighted by Crippen LogP contribution is 2.25. The van der Waals surface area contributed by atoms with Gasteiger partial charge < -0.3 is 4.90 Å². The number of aromatic nitrogens is 2. The molecule has 3 aromatic carbocycles. The molecule has 0 atom stereocenters. The van der Waals surface area contributed by atoms with Gasteiger partial charge in [-0.25, -0.2) is 18.4 Å². The molecule has 1 N–H and O–H groups in total. The van der Waals surface area contributed by atoms with E-state index in [-0.39, 0.29) is 12.4 Å². The predicted molar refractivity (Wildman–Crippen MR) is 140 cm³/mol. The number of nitrogens with one attached hydrogen (secondary N) is 1. The quantitative estimate of drug-likeness (QED) is 0.265. The van der Waals surface area contributed by atoms with E-state index in [0.29, 0.717) is 11.4 Å². The molecule has 0 radical (unpaired) electrons. The average Bonchev–Trinajstić information content (AvgIpc) is 2.87. The van der Waals surface area contributed by atoms with Gasteiger partial charge in [-0.3, -0.25) is 14.3 Å². The van der Waals surface area contributed by atoms with E-state index in [1.165, 1.54) is 17.3 Å². The molecule has 1 aromatic heterocycles. The molecule has 0 saturated carbocycles. The second-order valence-corrected chi connectivity index (χ2v) is 10.8. The minimum atomic E-state index is -3.58. The average molecular weight is 503 g/mol. The number of ketones is 1. The number of carbonyl (C=O) groups is 2. The van der Waals surface area contributed by atoms with Gasteiger partial charge in [0.05, 0.1) is 23.9 Å². The highest BCUT2D eigenvalue weighted by atomic mass is 32.2. The molecular formula is C27H26N4O4S. The van der Waals surface area contributed by atoms with Crippen LogP contribution in [0.1, 0.15) is 36.5 Å². The minimum absolute atomic E-state index is 0.0325. The topological polar surface area (TPSA) is 109 Å². The van der Waals surface area contributed by atoms with Crippen LogP contribution in [0.15, 0.2) is 85.2 Å². The summed E-state index contributed by atoms with van der Waals surface area (Å²) in [5.41, 5.74) is 1.65. The third-order valence-corrected chi connectivity index (χ3v) is 7.38. The maximum absolute atomic E-state index is 13.4. The van der Waals surface area contributed by atoms with Crippen molar-refractivity contribution in [2.24, 2.45) is 0 Å². The fourth-order valence-electron chi connectivity index (χ4n) is 3.62. The second-order valence-electron chi connectivity index (χ2n) is 8.58. The van der Waals surface area contributed by atoms with Gasteiger partial charge in [0.2, 0.25) is 21.7 Å². The Bertz CT molecular complexity index is 1500. The molecule has 0 aliphatic rings.